The van der Waals surface area contributed by atoms with Gasteiger partial charge in [0.15, 0.2) is 0 Å². The maximum Gasteiger partial charge on any atom is 0.129 e. The zero-order chi connectivity index (χ0) is 13.2. The molecule has 1 unspecified atom stereocenters. The molecule has 1 atom stereocenters. The van der Waals surface area contributed by atoms with Gasteiger partial charge in [0, 0.05) is 7.11 Å². The lowest BCUT2D eigenvalue weighted by Gasteiger charge is -2.08. The first-order valence-electron chi connectivity index (χ1n) is 7.11. The van der Waals surface area contributed by atoms with Gasteiger partial charge in [-0.2, -0.15) is 0 Å². The number of hydrogen-bond acceptors (Lipinski definition) is 3. The molecule has 1 rings (SSSR count). The van der Waals surface area contributed by atoms with Gasteiger partial charge in [-0.15, -0.1) is 0 Å². The zero-order valence-electron chi connectivity index (χ0n) is 11.8. The van der Waals surface area contributed by atoms with Crippen LogP contribution in [0.3, 0.4) is 0 Å². The summed E-state index contributed by atoms with van der Waals surface area (Å²) >= 11 is 0. The maximum absolute atomic E-state index is 6.11. The molecule has 1 aromatic rings. The van der Waals surface area contributed by atoms with Gasteiger partial charge in [0.25, 0.3) is 0 Å². The van der Waals surface area contributed by atoms with Crippen LogP contribution in [-0.4, -0.2) is 7.11 Å². The molecule has 0 bridgehead atoms. The summed E-state index contributed by atoms with van der Waals surface area (Å²) in [6, 6.07) is 3.94. The van der Waals surface area contributed by atoms with E-state index in [4.69, 9.17) is 14.9 Å². The van der Waals surface area contributed by atoms with Crippen LogP contribution in [0.25, 0.3) is 0 Å². The summed E-state index contributed by atoms with van der Waals surface area (Å²) < 4.78 is 10.7. The summed E-state index contributed by atoms with van der Waals surface area (Å²) in [6.45, 7) is 2.76. The van der Waals surface area contributed by atoms with Crippen molar-refractivity contribution in [2.24, 2.45) is 5.73 Å². The van der Waals surface area contributed by atoms with Gasteiger partial charge in [-0.3, -0.25) is 0 Å². The molecule has 2 N–H and O–H groups in total. The van der Waals surface area contributed by atoms with Crippen molar-refractivity contribution >= 4 is 0 Å². The summed E-state index contributed by atoms with van der Waals surface area (Å²) in [5.74, 6) is 1.74. The number of hydrogen-bond donors (Lipinski definition) is 1. The highest BCUT2D eigenvalue weighted by molar-refractivity contribution is 5.09. The fourth-order valence-electron chi connectivity index (χ4n) is 2.10. The van der Waals surface area contributed by atoms with Gasteiger partial charge in [0.05, 0.1) is 6.04 Å². The Kier molecular flexibility index (Phi) is 7.78. The molecule has 3 heteroatoms. The predicted molar refractivity (Wildman–Crippen MR) is 74.3 cm³/mol. The molecule has 0 fully saturated rings. The van der Waals surface area contributed by atoms with E-state index in [9.17, 15) is 0 Å². The molecule has 0 spiro atoms. The van der Waals surface area contributed by atoms with Crippen molar-refractivity contribution in [2.45, 2.75) is 64.5 Å². The second kappa shape index (κ2) is 9.17. The highest BCUT2D eigenvalue weighted by Crippen LogP contribution is 2.20. The van der Waals surface area contributed by atoms with Crippen molar-refractivity contribution in [3.05, 3.63) is 23.7 Å². The molecule has 0 saturated carbocycles. The molecule has 18 heavy (non-hydrogen) atoms. The molecule has 3 nitrogen and oxygen atoms in total. The molecule has 0 radical (unpaired) electrons. The molecule has 0 aliphatic rings. The van der Waals surface area contributed by atoms with Crippen molar-refractivity contribution in [1.29, 1.82) is 0 Å². The van der Waals surface area contributed by atoms with Gasteiger partial charge >= 0.3 is 0 Å². The number of furan rings is 1. The Morgan fingerprint density at radius 1 is 1.17 bits per heavy atom. The molecule has 0 saturated heterocycles. The first-order chi connectivity index (χ1) is 8.77. The third kappa shape index (κ3) is 5.69. The monoisotopic (exact) mass is 253 g/mol. The van der Waals surface area contributed by atoms with Crippen LogP contribution in [0.15, 0.2) is 16.5 Å². The average Bonchev–Trinajstić information content (AvgIpc) is 2.82. The van der Waals surface area contributed by atoms with Crippen LogP contribution in [0.5, 0.6) is 0 Å². The van der Waals surface area contributed by atoms with E-state index >= 15 is 0 Å². The summed E-state index contributed by atoms with van der Waals surface area (Å²) in [7, 11) is 1.67. The van der Waals surface area contributed by atoms with Crippen LogP contribution in [0.2, 0.25) is 0 Å². The van der Waals surface area contributed by atoms with Crippen LogP contribution in [-0.2, 0) is 11.3 Å². The van der Waals surface area contributed by atoms with E-state index in [0.717, 1.165) is 17.9 Å². The largest absolute Gasteiger partial charge is 0.462 e. The molecule has 104 valence electrons. The van der Waals surface area contributed by atoms with Crippen molar-refractivity contribution < 1.29 is 9.15 Å². The number of nitrogens with two attached hydrogens (primary N) is 1. The van der Waals surface area contributed by atoms with Gasteiger partial charge in [-0.25, -0.2) is 0 Å². The molecule has 0 amide bonds. The number of rotatable bonds is 10. The molecular weight excluding hydrogens is 226 g/mol. The summed E-state index contributed by atoms with van der Waals surface area (Å²) in [5, 5.41) is 0. The van der Waals surface area contributed by atoms with E-state index in [2.05, 4.69) is 6.92 Å². The van der Waals surface area contributed by atoms with Gasteiger partial charge in [0.2, 0.25) is 0 Å². The van der Waals surface area contributed by atoms with E-state index in [1.165, 1.54) is 38.5 Å². The number of unbranched alkanes of at least 4 members (excludes halogenated alkanes) is 5. The van der Waals surface area contributed by atoms with Crippen molar-refractivity contribution in [1.82, 2.24) is 0 Å². The summed E-state index contributed by atoms with van der Waals surface area (Å²) in [5.41, 5.74) is 6.11. The Morgan fingerprint density at radius 2 is 1.89 bits per heavy atom. The van der Waals surface area contributed by atoms with E-state index in [1.54, 1.807) is 7.11 Å². The van der Waals surface area contributed by atoms with E-state index in [1.807, 2.05) is 12.1 Å². The third-order valence-corrected chi connectivity index (χ3v) is 3.20. The molecule has 0 aliphatic heterocycles. The Hall–Kier alpha value is -0.800. The SMILES string of the molecule is CCCCCCCCC(N)c1ccc(COC)o1. The molecule has 0 aromatic carbocycles. The fourth-order valence-corrected chi connectivity index (χ4v) is 2.10. The molecule has 1 heterocycles. The van der Waals surface area contributed by atoms with Crippen LogP contribution in [0, 0.1) is 0 Å². The Morgan fingerprint density at radius 3 is 2.61 bits per heavy atom. The van der Waals surface area contributed by atoms with E-state index < -0.39 is 0 Å². The minimum absolute atomic E-state index is 0.0294. The summed E-state index contributed by atoms with van der Waals surface area (Å²) in [6.07, 6.45) is 8.80. The van der Waals surface area contributed by atoms with Crippen molar-refractivity contribution in [2.75, 3.05) is 7.11 Å². The van der Waals surface area contributed by atoms with Gasteiger partial charge in [-0.05, 0) is 18.6 Å². The second-order valence-corrected chi connectivity index (χ2v) is 4.90. The zero-order valence-corrected chi connectivity index (χ0v) is 11.8. The van der Waals surface area contributed by atoms with Gasteiger partial charge < -0.3 is 14.9 Å². The Bertz CT molecular complexity index is 309. The molecule has 0 aliphatic carbocycles. The molecular formula is C15H27NO2. The van der Waals surface area contributed by atoms with Crippen LogP contribution >= 0.6 is 0 Å². The van der Waals surface area contributed by atoms with Crippen molar-refractivity contribution in [3.63, 3.8) is 0 Å². The Balaban J connectivity index is 2.17. The van der Waals surface area contributed by atoms with E-state index in [0.29, 0.717) is 6.61 Å². The lowest BCUT2D eigenvalue weighted by molar-refractivity contribution is 0.161. The van der Waals surface area contributed by atoms with Gasteiger partial charge in [0.1, 0.15) is 18.1 Å². The minimum Gasteiger partial charge on any atom is -0.462 e. The quantitative estimate of drug-likeness (QED) is 0.636. The van der Waals surface area contributed by atoms with Crippen molar-refractivity contribution in [3.8, 4) is 0 Å². The number of ether oxygens (including phenoxy) is 1. The fraction of sp³-hybridized carbons (Fsp3) is 0.733. The highest BCUT2D eigenvalue weighted by Gasteiger charge is 2.10. The molecule has 1 aromatic heterocycles. The minimum atomic E-state index is 0.0294. The summed E-state index contributed by atoms with van der Waals surface area (Å²) in [4.78, 5) is 0. The normalized spacial score (nSPS) is 12.8. The number of methoxy groups -OCH3 is 1. The van der Waals surface area contributed by atoms with Crippen LogP contribution < -0.4 is 5.73 Å². The smallest absolute Gasteiger partial charge is 0.129 e. The lowest BCUT2D eigenvalue weighted by Crippen LogP contribution is -2.08. The first kappa shape index (κ1) is 15.3. The highest BCUT2D eigenvalue weighted by atomic mass is 16.5. The van der Waals surface area contributed by atoms with Gasteiger partial charge in [-0.1, -0.05) is 45.4 Å². The third-order valence-electron chi connectivity index (χ3n) is 3.20. The second-order valence-electron chi connectivity index (χ2n) is 4.90. The van der Waals surface area contributed by atoms with Crippen LogP contribution in [0.4, 0.5) is 0 Å². The predicted octanol–water partition coefficient (Wildman–Crippen LogP) is 4.18. The Labute approximate surface area is 111 Å². The maximum atomic E-state index is 6.11. The van der Waals surface area contributed by atoms with Crippen LogP contribution in [0.1, 0.15) is 69.4 Å². The lowest BCUT2D eigenvalue weighted by atomic mass is 10.0. The standard InChI is InChI=1S/C15H27NO2/c1-3-4-5-6-7-8-9-14(16)15-11-10-13(18-15)12-17-2/h10-11,14H,3-9,12,16H2,1-2H3. The average molecular weight is 253 g/mol. The first-order valence-corrected chi connectivity index (χ1v) is 7.11. The topological polar surface area (TPSA) is 48.4 Å². The van der Waals surface area contributed by atoms with E-state index in [-0.39, 0.29) is 6.04 Å².